The van der Waals surface area contributed by atoms with Gasteiger partial charge in [-0.1, -0.05) is 32.1 Å². The number of hydrogen-bond donors (Lipinski definition) is 2. The molecule has 1 aliphatic carbocycles. The molecule has 0 radical (unpaired) electrons. The second-order valence-corrected chi connectivity index (χ2v) is 8.61. The highest BCUT2D eigenvalue weighted by atomic mass is 19.1. The fourth-order valence-electron chi connectivity index (χ4n) is 4.69. The van der Waals surface area contributed by atoms with Crippen LogP contribution < -0.4 is 10.2 Å². The highest BCUT2D eigenvalue weighted by Crippen LogP contribution is 2.30. The fourth-order valence-corrected chi connectivity index (χ4v) is 4.69. The molecule has 5 heteroatoms. The molecule has 0 bridgehead atoms. The quantitative estimate of drug-likeness (QED) is 0.709. The predicted molar refractivity (Wildman–Crippen MR) is 111 cm³/mol. The van der Waals surface area contributed by atoms with Gasteiger partial charge in [-0.15, -0.1) is 0 Å². The number of rotatable bonds is 7. The van der Waals surface area contributed by atoms with Crippen LogP contribution in [0.3, 0.4) is 0 Å². The first kappa shape index (κ1) is 21.1. The molecule has 1 aromatic rings. The van der Waals surface area contributed by atoms with E-state index >= 15 is 0 Å². The average molecular weight is 391 g/mol. The minimum atomic E-state index is -0.283. The van der Waals surface area contributed by atoms with Gasteiger partial charge in [-0.25, -0.2) is 4.39 Å². The molecule has 0 spiro atoms. The first-order valence-electron chi connectivity index (χ1n) is 11.0. The molecular weight excluding hydrogens is 355 g/mol. The Morgan fingerprint density at radius 3 is 2.64 bits per heavy atom. The zero-order chi connectivity index (χ0) is 19.9. The smallest absolute Gasteiger partial charge is 0.220 e. The van der Waals surface area contributed by atoms with Crippen LogP contribution in [0, 0.1) is 11.7 Å². The Morgan fingerprint density at radius 1 is 1.21 bits per heavy atom. The third-order valence-electron chi connectivity index (χ3n) is 6.38. The number of aliphatic hydroxyl groups is 1. The van der Waals surface area contributed by atoms with Crippen molar-refractivity contribution in [1.29, 1.82) is 0 Å². The van der Waals surface area contributed by atoms with Gasteiger partial charge in [-0.3, -0.25) is 4.79 Å². The van der Waals surface area contributed by atoms with Gasteiger partial charge in [0.2, 0.25) is 5.91 Å². The van der Waals surface area contributed by atoms with E-state index in [1.54, 1.807) is 6.07 Å². The van der Waals surface area contributed by atoms with Crippen molar-refractivity contribution in [2.75, 3.05) is 18.0 Å². The number of carbonyl (C=O) groups excluding carboxylic acids is 1. The van der Waals surface area contributed by atoms with E-state index < -0.39 is 0 Å². The first-order valence-corrected chi connectivity index (χ1v) is 11.0. The van der Waals surface area contributed by atoms with Gasteiger partial charge >= 0.3 is 0 Å². The standard InChI is InChI=1S/C23H35FN2O2/c1-17(25-23(28)9-5-8-18-6-3-2-4-7-18)21-16-19(24)10-11-22(21)26-14-12-20(27)13-15-26/h10-11,16-18,20,27H,2-9,12-15H2,1H3,(H,25,28). The molecule has 2 N–H and O–H groups in total. The molecule has 156 valence electrons. The molecule has 1 aliphatic heterocycles. The number of halogens is 1. The number of nitrogens with zero attached hydrogens (tertiary/aromatic N) is 1. The molecule has 1 unspecified atom stereocenters. The van der Waals surface area contributed by atoms with Crippen LogP contribution in [0.5, 0.6) is 0 Å². The third kappa shape index (κ3) is 5.94. The summed E-state index contributed by atoms with van der Waals surface area (Å²) in [6.45, 7) is 3.43. The fraction of sp³-hybridized carbons (Fsp3) is 0.696. The van der Waals surface area contributed by atoms with Gasteiger partial charge in [0.1, 0.15) is 5.82 Å². The number of amides is 1. The van der Waals surface area contributed by atoms with E-state index in [1.165, 1.54) is 44.2 Å². The minimum absolute atomic E-state index is 0.0487. The maximum atomic E-state index is 13.9. The van der Waals surface area contributed by atoms with Crippen LogP contribution in [-0.2, 0) is 4.79 Å². The van der Waals surface area contributed by atoms with Crippen molar-refractivity contribution in [2.45, 2.75) is 83.3 Å². The largest absolute Gasteiger partial charge is 0.393 e. The lowest BCUT2D eigenvalue weighted by Gasteiger charge is -2.34. The minimum Gasteiger partial charge on any atom is -0.393 e. The number of hydrogen-bond acceptors (Lipinski definition) is 3. The number of piperidine rings is 1. The van der Waals surface area contributed by atoms with E-state index in [9.17, 15) is 14.3 Å². The molecule has 1 saturated heterocycles. The van der Waals surface area contributed by atoms with Gasteiger partial charge in [0.15, 0.2) is 0 Å². The van der Waals surface area contributed by atoms with E-state index in [0.29, 0.717) is 6.42 Å². The van der Waals surface area contributed by atoms with E-state index in [2.05, 4.69) is 10.2 Å². The van der Waals surface area contributed by atoms with Crippen molar-refractivity contribution < 1.29 is 14.3 Å². The molecule has 2 aliphatic rings. The number of anilines is 1. The second kappa shape index (κ2) is 10.2. The van der Waals surface area contributed by atoms with Crippen molar-refractivity contribution in [2.24, 2.45) is 5.92 Å². The molecule has 1 aromatic carbocycles. The van der Waals surface area contributed by atoms with Crippen LogP contribution in [0.4, 0.5) is 10.1 Å². The highest BCUT2D eigenvalue weighted by molar-refractivity contribution is 5.76. The Balaban J connectivity index is 1.54. The van der Waals surface area contributed by atoms with Gasteiger partial charge in [-0.05, 0) is 56.7 Å². The van der Waals surface area contributed by atoms with Crippen LogP contribution in [0.15, 0.2) is 18.2 Å². The van der Waals surface area contributed by atoms with Crippen LogP contribution in [0.1, 0.15) is 82.7 Å². The maximum absolute atomic E-state index is 13.9. The summed E-state index contributed by atoms with van der Waals surface area (Å²) in [4.78, 5) is 14.6. The molecule has 28 heavy (non-hydrogen) atoms. The number of nitrogens with one attached hydrogen (secondary N) is 1. The molecule has 0 aromatic heterocycles. The zero-order valence-electron chi connectivity index (χ0n) is 17.1. The average Bonchev–Trinajstić information content (AvgIpc) is 2.69. The lowest BCUT2D eigenvalue weighted by Crippen LogP contribution is -2.37. The Kier molecular flexibility index (Phi) is 7.72. The van der Waals surface area contributed by atoms with Gasteiger partial charge < -0.3 is 15.3 Å². The summed E-state index contributed by atoms with van der Waals surface area (Å²) in [6, 6.07) is 4.57. The van der Waals surface area contributed by atoms with Crippen molar-refractivity contribution in [3.63, 3.8) is 0 Å². The van der Waals surface area contributed by atoms with Crippen LogP contribution in [0.25, 0.3) is 0 Å². The molecular formula is C23H35FN2O2. The lowest BCUT2D eigenvalue weighted by atomic mass is 9.86. The van der Waals surface area contributed by atoms with E-state index in [4.69, 9.17) is 0 Å². The lowest BCUT2D eigenvalue weighted by molar-refractivity contribution is -0.121. The van der Waals surface area contributed by atoms with Gasteiger partial charge in [0.05, 0.1) is 12.1 Å². The molecule has 1 saturated carbocycles. The number of benzene rings is 1. The van der Waals surface area contributed by atoms with Crippen molar-refractivity contribution in [3.05, 3.63) is 29.6 Å². The zero-order valence-corrected chi connectivity index (χ0v) is 17.1. The molecule has 1 heterocycles. The van der Waals surface area contributed by atoms with Crippen LogP contribution >= 0.6 is 0 Å². The van der Waals surface area contributed by atoms with Gasteiger partial charge in [0, 0.05) is 30.8 Å². The second-order valence-electron chi connectivity index (χ2n) is 8.61. The molecule has 1 atom stereocenters. The molecule has 4 nitrogen and oxygen atoms in total. The molecule has 2 fully saturated rings. The normalized spacial score (nSPS) is 20.2. The maximum Gasteiger partial charge on any atom is 0.220 e. The Labute approximate surface area is 168 Å². The summed E-state index contributed by atoms with van der Waals surface area (Å²) in [7, 11) is 0. The predicted octanol–water partition coefficient (Wildman–Crippen LogP) is 4.71. The van der Waals surface area contributed by atoms with E-state index in [-0.39, 0.29) is 23.9 Å². The summed E-state index contributed by atoms with van der Waals surface area (Å²) in [5.41, 5.74) is 1.78. The van der Waals surface area contributed by atoms with Gasteiger partial charge in [-0.2, -0.15) is 0 Å². The summed E-state index contributed by atoms with van der Waals surface area (Å²) in [6.07, 6.45) is 10.5. The van der Waals surface area contributed by atoms with E-state index in [0.717, 1.165) is 55.9 Å². The van der Waals surface area contributed by atoms with Crippen molar-refractivity contribution >= 4 is 11.6 Å². The summed E-state index contributed by atoms with van der Waals surface area (Å²) in [5, 5.41) is 12.8. The van der Waals surface area contributed by atoms with Crippen LogP contribution in [0.2, 0.25) is 0 Å². The van der Waals surface area contributed by atoms with E-state index in [1.807, 2.05) is 6.92 Å². The van der Waals surface area contributed by atoms with Crippen molar-refractivity contribution in [3.8, 4) is 0 Å². The number of carbonyl (C=O) groups is 1. The first-order chi connectivity index (χ1) is 13.5. The monoisotopic (exact) mass is 390 g/mol. The Morgan fingerprint density at radius 2 is 1.93 bits per heavy atom. The Hall–Kier alpha value is -1.62. The van der Waals surface area contributed by atoms with Crippen molar-refractivity contribution in [1.82, 2.24) is 5.32 Å². The summed E-state index contributed by atoms with van der Waals surface area (Å²) >= 11 is 0. The third-order valence-corrected chi connectivity index (χ3v) is 6.38. The topological polar surface area (TPSA) is 52.6 Å². The molecule has 3 rings (SSSR count). The Bertz CT molecular complexity index is 637. The molecule has 1 amide bonds. The van der Waals surface area contributed by atoms with Gasteiger partial charge in [0.25, 0.3) is 0 Å². The van der Waals surface area contributed by atoms with Crippen LogP contribution in [-0.4, -0.2) is 30.2 Å². The highest BCUT2D eigenvalue weighted by Gasteiger charge is 2.22. The number of aliphatic hydroxyl groups excluding tert-OH is 1. The summed E-state index contributed by atoms with van der Waals surface area (Å²) < 4.78 is 13.9. The SMILES string of the molecule is CC(NC(=O)CCCC1CCCCC1)c1cc(F)ccc1N1CCC(O)CC1. The summed E-state index contributed by atoms with van der Waals surface area (Å²) in [5.74, 6) is 0.560.